The molecule has 3 rings (SSSR count). The van der Waals surface area contributed by atoms with Crippen LogP contribution in [0.3, 0.4) is 0 Å². The van der Waals surface area contributed by atoms with Crippen molar-refractivity contribution in [3.8, 4) is 0 Å². The van der Waals surface area contributed by atoms with Gasteiger partial charge in [0.1, 0.15) is 24.2 Å². The molecule has 8 atom stereocenters. The van der Waals surface area contributed by atoms with Crippen molar-refractivity contribution >= 4 is 41.4 Å². The SMILES string of the molecule is CNCC(=O)N[C@H](C(=O)N1C[C@@H](NC(=O)CC[C@H](NC(=O)[C@H](C)NC)C(=O)N[C@H](C(=O)N[C@@H](C)C(C)C)C(C)(C)C)CC1C(=O)N[C@@H]1CCc2ccccc2C1)C(C)(C)C. The minimum Gasteiger partial charge on any atom is -0.352 e. The molecular weight excluding hydrogens is 767 g/mol. The molecule has 16 nitrogen and oxygen atoms in total. The molecule has 1 fully saturated rings. The zero-order chi connectivity index (χ0) is 45.1. The first-order valence-electron chi connectivity index (χ1n) is 21.5. The van der Waals surface area contributed by atoms with E-state index in [2.05, 4.69) is 54.7 Å². The molecule has 1 aromatic carbocycles. The van der Waals surface area contributed by atoms with E-state index in [9.17, 15) is 33.6 Å². The summed E-state index contributed by atoms with van der Waals surface area (Å²) in [6.07, 6.45) is 2.06. The van der Waals surface area contributed by atoms with Gasteiger partial charge in [0.2, 0.25) is 41.4 Å². The second-order valence-corrected chi connectivity index (χ2v) is 19.1. The molecule has 7 amide bonds. The highest BCUT2D eigenvalue weighted by atomic mass is 16.2. The largest absolute Gasteiger partial charge is 0.352 e. The van der Waals surface area contributed by atoms with Crippen LogP contribution in [0.5, 0.6) is 0 Å². The monoisotopic (exact) mass is 840 g/mol. The molecule has 336 valence electrons. The summed E-state index contributed by atoms with van der Waals surface area (Å²) in [6, 6.07) is 2.59. The van der Waals surface area contributed by atoms with Crippen molar-refractivity contribution in [1.29, 1.82) is 0 Å². The highest BCUT2D eigenvalue weighted by Gasteiger charge is 2.46. The summed E-state index contributed by atoms with van der Waals surface area (Å²) in [7, 11) is 3.24. The number of nitrogens with one attached hydrogen (secondary N) is 8. The molecule has 0 spiro atoms. The molecule has 0 radical (unpaired) electrons. The third kappa shape index (κ3) is 14.3. The number of fused-ring (bicyclic) bond motifs is 1. The van der Waals surface area contributed by atoms with Crippen LogP contribution in [0.15, 0.2) is 24.3 Å². The summed E-state index contributed by atoms with van der Waals surface area (Å²) in [5.74, 6) is -2.85. The summed E-state index contributed by atoms with van der Waals surface area (Å²) < 4.78 is 0. The molecule has 0 aromatic heterocycles. The van der Waals surface area contributed by atoms with Gasteiger partial charge in [0.05, 0.1) is 12.6 Å². The summed E-state index contributed by atoms with van der Waals surface area (Å²) in [5, 5.41) is 23.2. The fourth-order valence-corrected chi connectivity index (χ4v) is 7.40. The Hall–Kier alpha value is -4.57. The first kappa shape index (κ1) is 49.8. The highest BCUT2D eigenvalue weighted by Crippen LogP contribution is 2.28. The topological polar surface area (TPSA) is 219 Å². The van der Waals surface area contributed by atoms with Gasteiger partial charge in [0, 0.05) is 31.1 Å². The lowest BCUT2D eigenvalue weighted by Crippen LogP contribution is -2.60. The molecule has 0 saturated carbocycles. The number of amides is 7. The number of hydrogen-bond acceptors (Lipinski definition) is 9. The summed E-state index contributed by atoms with van der Waals surface area (Å²) >= 11 is 0. The predicted molar refractivity (Wildman–Crippen MR) is 231 cm³/mol. The number of nitrogens with zero attached hydrogens (tertiary/aromatic N) is 1. The van der Waals surface area contributed by atoms with Gasteiger partial charge < -0.3 is 47.4 Å². The number of likely N-dealkylation sites (N-methyl/N-ethyl adjacent to an activating group) is 2. The fourth-order valence-electron chi connectivity index (χ4n) is 7.40. The molecule has 1 aromatic rings. The van der Waals surface area contributed by atoms with Crippen LogP contribution in [-0.4, -0.2) is 122 Å². The zero-order valence-corrected chi connectivity index (χ0v) is 38.0. The molecular formula is C44H73N9O7. The lowest BCUT2D eigenvalue weighted by atomic mass is 9.85. The van der Waals surface area contributed by atoms with Crippen LogP contribution >= 0.6 is 0 Å². The number of carbonyl (C=O) groups is 7. The first-order valence-corrected chi connectivity index (χ1v) is 21.5. The van der Waals surface area contributed by atoms with Crippen LogP contribution in [0.2, 0.25) is 0 Å². The van der Waals surface area contributed by atoms with Crippen LogP contribution in [0.1, 0.15) is 106 Å². The van der Waals surface area contributed by atoms with Gasteiger partial charge in [-0.3, -0.25) is 33.6 Å². The van der Waals surface area contributed by atoms with Crippen LogP contribution in [0.25, 0.3) is 0 Å². The minimum absolute atomic E-state index is 0.000346. The highest BCUT2D eigenvalue weighted by molar-refractivity contribution is 5.95. The van der Waals surface area contributed by atoms with Crippen LogP contribution in [-0.2, 0) is 46.4 Å². The Kier molecular flexibility index (Phi) is 18.1. The van der Waals surface area contributed by atoms with E-state index >= 15 is 0 Å². The first-order chi connectivity index (χ1) is 28.0. The number of carbonyl (C=O) groups excluding carboxylic acids is 7. The zero-order valence-electron chi connectivity index (χ0n) is 38.0. The van der Waals surface area contributed by atoms with Gasteiger partial charge in [0.25, 0.3) is 0 Å². The smallest absolute Gasteiger partial charge is 0.246 e. The molecule has 0 bridgehead atoms. The maximum atomic E-state index is 14.4. The third-order valence-electron chi connectivity index (χ3n) is 11.6. The summed E-state index contributed by atoms with van der Waals surface area (Å²) in [4.78, 5) is 96.7. The number of likely N-dealkylation sites (tertiary alicyclic amines) is 1. The second kappa shape index (κ2) is 21.8. The fraction of sp³-hybridized carbons (Fsp3) is 0.705. The van der Waals surface area contributed by atoms with E-state index in [-0.39, 0.29) is 68.1 Å². The summed E-state index contributed by atoms with van der Waals surface area (Å²) in [5.41, 5.74) is 1.03. The van der Waals surface area contributed by atoms with Crippen molar-refractivity contribution in [3.63, 3.8) is 0 Å². The average Bonchev–Trinajstić information content (AvgIpc) is 3.59. The van der Waals surface area contributed by atoms with E-state index in [1.54, 1.807) is 21.0 Å². The Morgan fingerprint density at radius 2 is 1.37 bits per heavy atom. The van der Waals surface area contributed by atoms with E-state index < -0.39 is 70.7 Å². The van der Waals surface area contributed by atoms with Gasteiger partial charge in [-0.05, 0) is 87.9 Å². The molecule has 60 heavy (non-hydrogen) atoms. The standard InChI is InChI=1S/C44H73N9O7/c1-25(2)26(3)47-41(59)36(43(5,6)7)52-39(57)32(50-38(56)27(4)46-12)19-20-34(54)48-31-22-33(40(58)49-30-18-17-28-15-13-14-16-29(28)21-30)53(24-31)42(60)37(44(8,9)10)51-35(55)23-45-11/h13-16,25-27,30-33,36-37,45-46H,17-24H2,1-12H3,(H,47,59)(H,48,54)(H,49,58)(H,50,56)(H,51,55)(H,52,57)/t26-,27-,30+,31-,32-,33?,36+,37+/m0/s1. The van der Waals surface area contributed by atoms with E-state index in [1.165, 1.54) is 16.0 Å². The number of benzene rings is 1. The quantitative estimate of drug-likeness (QED) is 0.106. The van der Waals surface area contributed by atoms with Crippen LogP contribution < -0.4 is 42.5 Å². The molecule has 1 heterocycles. The minimum atomic E-state index is -1.16. The van der Waals surface area contributed by atoms with Crippen molar-refractivity contribution in [3.05, 3.63) is 35.4 Å². The van der Waals surface area contributed by atoms with Crippen molar-refractivity contribution in [2.24, 2.45) is 16.7 Å². The van der Waals surface area contributed by atoms with Gasteiger partial charge in [-0.1, -0.05) is 79.7 Å². The van der Waals surface area contributed by atoms with Crippen molar-refractivity contribution in [2.75, 3.05) is 27.2 Å². The van der Waals surface area contributed by atoms with E-state index in [0.717, 1.165) is 12.8 Å². The lowest BCUT2D eigenvalue weighted by Gasteiger charge is -2.36. The maximum absolute atomic E-state index is 14.4. The van der Waals surface area contributed by atoms with Gasteiger partial charge in [-0.15, -0.1) is 0 Å². The molecule has 1 unspecified atom stereocenters. The van der Waals surface area contributed by atoms with E-state index in [0.29, 0.717) is 6.42 Å². The Balaban J connectivity index is 1.82. The number of aryl methyl sites for hydroxylation is 1. The van der Waals surface area contributed by atoms with Crippen molar-refractivity contribution < 1.29 is 33.6 Å². The molecule has 16 heteroatoms. The molecule has 8 N–H and O–H groups in total. The van der Waals surface area contributed by atoms with Crippen molar-refractivity contribution in [1.82, 2.24) is 47.4 Å². The van der Waals surface area contributed by atoms with Gasteiger partial charge in [-0.25, -0.2) is 0 Å². The maximum Gasteiger partial charge on any atom is 0.246 e. The van der Waals surface area contributed by atoms with E-state index in [1.807, 2.05) is 74.4 Å². The van der Waals surface area contributed by atoms with Crippen molar-refractivity contribution in [2.45, 2.75) is 156 Å². The third-order valence-corrected chi connectivity index (χ3v) is 11.6. The van der Waals surface area contributed by atoms with Crippen LogP contribution in [0.4, 0.5) is 0 Å². The molecule has 1 saturated heterocycles. The van der Waals surface area contributed by atoms with Gasteiger partial charge >= 0.3 is 0 Å². The Bertz CT molecular complexity index is 1690. The normalized spacial score (nSPS) is 20.4. The summed E-state index contributed by atoms with van der Waals surface area (Å²) in [6.45, 7) is 18.5. The van der Waals surface area contributed by atoms with Crippen LogP contribution in [0, 0.1) is 16.7 Å². The number of rotatable bonds is 18. The Morgan fingerprint density at radius 1 is 0.733 bits per heavy atom. The molecule has 1 aliphatic heterocycles. The van der Waals surface area contributed by atoms with E-state index in [4.69, 9.17) is 0 Å². The Morgan fingerprint density at radius 3 is 1.95 bits per heavy atom. The second-order valence-electron chi connectivity index (χ2n) is 19.1. The number of hydrogen-bond donors (Lipinski definition) is 8. The molecule has 2 aliphatic rings. The van der Waals surface area contributed by atoms with Gasteiger partial charge in [0.15, 0.2) is 0 Å². The lowest BCUT2D eigenvalue weighted by molar-refractivity contribution is -0.144. The average molecular weight is 840 g/mol. The molecule has 1 aliphatic carbocycles. The Labute approximate surface area is 357 Å². The van der Waals surface area contributed by atoms with Gasteiger partial charge in [-0.2, -0.15) is 0 Å². The predicted octanol–water partition coefficient (Wildman–Crippen LogP) is 1.06.